The molecule has 2 rings (SSSR count). The fourth-order valence-corrected chi connectivity index (χ4v) is 2.58. The molecule has 0 radical (unpaired) electrons. The summed E-state index contributed by atoms with van der Waals surface area (Å²) in [7, 11) is -5.74. The molecular formula is C18H20AlF3O3S. The van der Waals surface area contributed by atoms with Crippen molar-refractivity contribution >= 4 is 38.3 Å². The van der Waals surface area contributed by atoms with Gasteiger partial charge in [-0.3, -0.25) is 5.57 Å². The fourth-order valence-electron chi connectivity index (χ4n) is 2.07. The predicted octanol–water partition coefficient (Wildman–Crippen LogP) is 4.90. The molecule has 0 unspecified atom stereocenters. The molecule has 140 valence electrons. The van der Waals surface area contributed by atoms with E-state index in [0.717, 1.165) is 0 Å². The molecule has 2 aromatic carbocycles. The van der Waals surface area contributed by atoms with Gasteiger partial charge in [-0.15, -0.1) is 0 Å². The zero-order chi connectivity index (χ0) is 17.3. The van der Waals surface area contributed by atoms with Crippen LogP contribution in [0.15, 0.2) is 42.0 Å². The molecule has 0 aromatic heterocycles. The molecule has 26 heavy (non-hydrogen) atoms. The van der Waals surface area contributed by atoms with E-state index in [4.69, 9.17) is 6.58 Å². The number of fused-ring (bicyclic) bond motifs is 1. The molecule has 0 saturated heterocycles. The van der Waals surface area contributed by atoms with Gasteiger partial charge in [0.2, 0.25) is 0 Å². The van der Waals surface area contributed by atoms with E-state index >= 15 is 0 Å². The summed E-state index contributed by atoms with van der Waals surface area (Å²) in [6.07, 6.45) is 0.677. The Morgan fingerprint density at radius 2 is 1.69 bits per heavy atom. The van der Waals surface area contributed by atoms with Gasteiger partial charge >= 0.3 is 33.0 Å². The van der Waals surface area contributed by atoms with Gasteiger partial charge in [0, 0.05) is 5.39 Å². The molecule has 0 spiro atoms. The zero-order valence-corrected chi connectivity index (χ0v) is 16.8. The second-order valence-corrected chi connectivity index (χ2v) is 6.64. The summed E-state index contributed by atoms with van der Waals surface area (Å²) in [5.41, 5.74) is -4.55. The molecular weight excluding hydrogens is 380 g/mol. The van der Waals surface area contributed by atoms with Crippen molar-refractivity contribution in [2.75, 3.05) is 0 Å². The average molecular weight is 400 g/mol. The van der Waals surface area contributed by atoms with Crippen LogP contribution in [0.4, 0.5) is 13.2 Å². The number of rotatable bonds is 5. The minimum Gasteiger partial charge on any atom is -0.515 e. The maximum atomic E-state index is 12.6. The van der Waals surface area contributed by atoms with Crippen LogP contribution in [0.2, 0.25) is 0 Å². The molecule has 0 saturated carbocycles. The topological polar surface area (TPSA) is 43.4 Å². The van der Waals surface area contributed by atoms with Crippen molar-refractivity contribution in [2.24, 2.45) is 0 Å². The van der Waals surface area contributed by atoms with E-state index < -0.39 is 15.6 Å². The van der Waals surface area contributed by atoms with Gasteiger partial charge in [-0.1, -0.05) is 49.7 Å². The van der Waals surface area contributed by atoms with Crippen LogP contribution in [-0.4, -0.2) is 31.3 Å². The maximum Gasteiger partial charge on any atom is 3.00 e. The summed E-state index contributed by atoms with van der Waals surface area (Å²) >= 11 is 0. The number of halogens is 3. The van der Waals surface area contributed by atoms with Crippen molar-refractivity contribution in [3.63, 3.8) is 0 Å². The molecule has 0 bridgehead atoms. The third kappa shape index (κ3) is 6.05. The molecule has 0 amide bonds. The summed E-state index contributed by atoms with van der Waals surface area (Å²) in [5.74, 6) is -0.304. The van der Waals surface area contributed by atoms with Gasteiger partial charge in [0.05, 0.1) is 0 Å². The van der Waals surface area contributed by atoms with Crippen molar-refractivity contribution in [3.8, 4) is 5.75 Å². The van der Waals surface area contributed by atoms with Crippen molar-refractivity contribution in [1.82, 2.24) is 0 Å². The summed E-state index contributed by atoms with van der Waals surface area (Å²) in [4.78, 5) is 0. The first-order valence-electron chi connectivity index (χ1n) is 6.71. The van der Waals surface area contributed by atoms with Crippen molar-refractivity contribution in [1.29, 1.82) is 0 Å². The average Bonchev–Trinajstić information content (AvgIpc) is 2.44. The molecule has 3 nitrogen and oxygen atoms in total. The standard InChI is InChI=1S/C16H14F3O3S.2CH3.Al/c1-11(2)7-8-13-10-9-12-5-3-4-6-14(12)15(13)22-23(20,21)16(17,18)19;;;/h1,3-6,9-10H,7-8H2,2H3;2*1H3;/q3*-1;+3. The van der Waals surface area contributed by atoms with Gasteiger partial charge in [0.25, 0.3) is 0 Å². The monoisotopic (exact) mass is 400 g/mol. The van der Waals surface area contributed by atoms with Gasteiger partial charge in [-0.25, -0.2) is 0 Å². The Kier molecular flexibility index (Phi) is 10.3. The van der Waals surface area contributed by atoms with Gasteiger partial charge < -0.3 is 25.6 Å². The summed E-state index contributed by atoms with van der Waals surface area (Å²) in [5, 5.41) is 0.879. The first kappa shape index (κ1) is 26.7. The number of benzene rings is 2. The minimum atomic E-state index is -5.74. The molecule has 0 aliphatic heterocycles. The second-order valence-electron chi connectivity index (χ2n) is 5.10. The predicted molar refractivity (Wildman–Crippen MR) is 99.9 cm³/mol. The Balaban J connectivity index is 0. The van der Waals surface area contributed by atoms with E-state index in [9.17, 15) is 21.6 Å². The minimum absolute atomic E-state index is 0. The SMILES string of the molecule is [Al+3].[CH-]=C(C)CCc1ccc2ccccc2c1OS(=O)(=O)C(F)(F)F.[CH3-].[CH3-]. The Morgan fingerprint density at radius 3 is 2.23 bits per heavy atom. The van der Waals surface area contributed by atoms with Crippen molar-refractivity contribution < 1.29 is 25.8 Å². The Hall–Kier alpha value is -1.49. The molecule has 0 N–H and O–H groups in total. The summed E-state index contributed by atoms with van der Waals surface area (Å²) in [6, 6.07) is 9.71. The number of hydrogen-bond donors (Lipinski definition) is 0. The fraction of sp³-hybridized carbons (Fsp3) is 0.222. The van der Waals surface area contributed by atoms with Crippen molar-refractivity contribution in [3.05, 3.63) is 69.0 Å². The van der Waals surface area contributed by atoms with Crippen LogP contribution >= 0.6 is 0 Å². The number of aryl methyl sites for hydroxylation is 1. The molecule has 0 aliphatic rings. The van der Waals surface area contributed by atoms with Crippen LogP contribution in [0.5, 0.6) is 5.75 Å². The Labute approximate surface area is 164 Å². The summed E-state index contributed by atoms with van der Waals surface area (Å²) in [6.45, 7) is 7.25. The van der Waals surface area contributed by atoms with Gasteiger partial charge in [0.15, 0.2) is 5.75 Å². The van der Waals surface area contributed by atoms with Gasteiger partial charge in [0.1, 0.15) is 0 Å². The van der Waals surface area contributed by atoms with Crippen LogP contribution in [0.1, 0.15) is 18.9 Å². The number of alkyl halides is 3. The smallest absolute Gasteiger partial charge is 0.515 e. The van der Waals surface area contributed by atoms with Crippen LogP contribution in [0.3, 0.4) is 0 Å². The normalized spacial score (nSPS) is 10.9. The van der Waals surface area contributed by atoms with E-state index in [1.54, 1.807) is 37.3 Å². The largest absolute Gasteiger partial charge is 3.00 e. The Bertz CT molecular complexity index is 846. The first-order chi connectivity index (χ1) is 10.6. The third-order valence-electron chi connectivity index (χ3n) is 3.23. The van der Waals surface area contributed by atoms with E-state index in [0.29, 0.717) is 28.3 Å². The van der Waals surface area contributed by atoms with Gasteiger partial charge in [-0.2, -0.15) is 21.6 Å². The maximum absolute atomic E-state index is 12.6. The van der Waals surface area contributed by atoms with Crippen LogP contribution < -0.4 is 4.18 Å². The molecule has 0 fully saturated rings. The van der Waals surface area contributed by atoms with Crippen molar-refractivity contribution in [2.45, 2.75) is 25.3 Å². The molecule has 0 aliphatic carbocycles. The van der Waals surface area contributed by atoms with E-state index in [1.807, 2.05) is 0 Å². The molecule has 0 atom stereocenters. The zero-order valence-electron chi connectivity index (χ0n) is 14.8. The van der Waals surface area contributed by atoms with Crippen LogP contribution in [0, 0.1) is 21.4 Å². The summed E-state index contributed by atoms with van der Waals surface area (Å²) < 4.78 is 65.1. The Morgan fingerprint density at radius 1 is 1.12 bits per heavy atom. The number of allylic oxidation sites excluding steroid dienone is 1. The third-order valence-corrected chi connectivity index (χ3v) is 4.18. The van der Waals surface area contributed by atoms with E-state index in [2.05, 4.69) is 4.18 Å². The second kappa shape index (κ2) is 10.0. The molecule has 8 heteroatoms. The van der Waals surface area contributed by atoms with Gasteiger partial charge in [-0.05, 0) is 17.4 Å². The number of hydrogen-bond acceptors (Lipinski definition) is 3. The van der Waals surface area contributed by atoms with Crippen LogP contribution in [-0.2, 0) is 16.5 Å². The molecule has 2 aromatic rings. The van der Waals surface area contributed by atoms with Crippen LogP contribution in [0.25, 0.3) is 10.8 Å². The first-order valence-corrected chi connectivity index (χ1v) is 8.12. The quantitative estimate of drug-likeness (QED) is 0.310. The van der Waals surface area contributed by atoms with E-state index in [-0.39, 0.29) is 44.4 Å². The molecule has 0 heterocycles. The van der Waals surface area contributed by atoms with E-state index in [1.165, 1.54) is 6.07 Å².